The molecular formula is C23H32FN3O4. The van der Waals surface area contributed by atoms with E-state index in [9.17, 15) is 18.8 Å². The molecule has 2 aliphatic heterocycles. The van der Waals surface area contributed by atoms with Gasteiger partial charge in [0.15, 0.2) is 0 Å². The van der Waals surface area contributed by atoms with Gasteiger partial charge in [-0.25, -0.2) is 4.39 Å². The van der Waals surface area contributed by atoms with Crippen LogP contribution in [0.3, 0.4) is 0 Å². The molecule has 3 rings (SSSR count). The molecule has 0 spiro atoms. The number of halogens is 1. The summed E-state index contributed by atoms with van der Waals surface area (Å²) in [6.07, 6.45) is 3.29. The van der Waals surface area contributed by atoms with Crippen molar-refractivity contribution in [3.05, 3.63) is 35.6 Å². The molecular weight excluding hydrogens is 401 g/mol. The van der Waals surface area contributed by atoms with E-state index in [2.05, 4.69) is 5.32 Å². The summed E-state index contributed by atoms with van der Waals surface area (Å²) in [5, 5.41) is 2.87. The van der Waals surface area contributed by atoms with Crippen LogP contribution in [-0.2, 0) is 25.7 Å². The Balaban J connectivity index is 1.34. The van der Waals surface area contributed by atoms with Crippen LogP contribution in [0, 0.1) is 17.7 Å². The number of benzene rings is 1. The normalized spacial score (nSPS) is 19.7. The topological polar surface area (TPSA) is 79.0 Å². The van der Waals surface area contributed by atoms with Crippen LogP contribution < -0.4 is 5.32 Å². The van der Waals surface area contributed by atoms with Crippen LogP contribution in [0.1, 0.15) is 37.7 Å². The molecule has 31 heavy (non-hydrogen) atoms. The number of carbonyl (C=O) groups is 3. The highest BCUT2D eigenvalue weighted by Crippen LogP contribution is 2.26. The van der Waals surface area contributed by atoms with Gasteiger partial charge in [-0.2, -0.15) is 0 Å². The smallest absolute Gasteiger partial charge is 0.227 e. The number of carbonyl (C=O) groups excluding carboxylic acids is 3. The maximum atomic E-state index is 12.9. The minimum atomic E-state index is -0.289. The van der Waals surface area contributed by atoms with Gasteiger partial charge in [-0.3, -0.25) is 14.4 Å². The first-order valence-electron chi connectivity index (χ1n) is 11.0. The number of piperidine rings is 1. The van der Waals surface area contributed by atoms with Crippen LogP contribution in [0.4, 0.5) is 4.39 Å². The minimum absolute atomic E-state index is 0.0107. The van der Waals surface area contributed by atoms with Crippen molar-refractivity contribution in [3.63, 3.8) is 0 Å². The Kier molecular flexibility index (Phi) is 8.40. The number of amides is 3. The average molecular weight is 434 g/mol. The fourth-order valence-electron chi connectivity index (χ4n) is 4.28. The summed E-state index contributed by atoms with van der Waals surface area (Å²) in [7, 11) is 1.60. The SMILES string of the molecule is COCCN1CC(C(=O)N2CCC(CCC(=O)NCc3ccc(F)cc3)CC2)CC1=O. The highest BCUT2D eigenvalue weighted by Gasteiger charge is 2.37. The Labute approximate surface area is 182 Å². The van der Waals surface area contributed by atoms with Gasteiger partial charge in [0.1, 0.15) is 5.82 Å². The Morgan fingerprint density at radius 1 is 1.19 bits per heavy atom. The molecule has 1 N–H and O–H groups in total. The first-order valence-corrected chi connectivity index (χ1v) is 11.0. The lowest BCUT2D eigenvalue weighted by atomic mass is 9.91. The summed E-state index contributed by atoms with van der Waals surface area (Å²) in [5.74, 6) is -0.0332. The number of ether oxygens (including phenoxy) is 1. The van der Waals surface area contributed by atoms with Crippen LogP contribution in [0.2, 0.25) is 0 Å². The van der Waals surface area contributed by atoms with E-state index in [1.165, 1.54) is 12.1 Å². The summed E-state index contributed by atoms with van der Waals surface area (Å²) in [4.78, 5) is 40.6. The summed E-state index contributed by atoms with van der Waals surface area (Å²) >= 11 is 0. The lowest BCUT2D eigenvalue weighted by Gasteiger charge is -2.33. The van der Waals surface area contributed by atoms with Gasteiger partial charge in [-0.15, -0.1) is 0 Å². The van der Waals surface area contributed by atoms with E-state index >= 15 is 0 Å². The molecule has 0 bridgehead atoms. The maximum absolute atomic E-state index is 12.9. The molecule has 3 amide bonds. The van der Waals surface area contributed by atoms with Gasteiger partial charge >= 0.3 is 0 Å². The number of nitrogens with zero attached hydrogens (tertiary/aromatic N) is 2. The van der Waals surface area contributed by atoms with E-state index in [1.807, 2.05) is 4.90 Å². The van der Waals surface area contributed by atoms with Gasteiger partial charge in [-0.05, 0) is 42.9 Å². The zero-order chi connectivity index (χ0) is 22.2. The summed E-state index contributed by atoms with van der Waals surface area (Å²) in [6, 6.07) is 6.10. The van der Waals surface area contributed by atoms with Crippen molar-refractivity contribution < 1.29 is 23.5 Å². The molecule has 8 heteroatoms. The first-order chi connectivity index (χ1) is 15.0. The zero-order valence-corrected chi connectivity index (χ0v) is 18.1. The van der Waals surface area contributed by atoms with Crippen LogP contribution in [0.5, 0.6) is 0 Å². The molecule has 1 atom stereocenters. The van der Waals surface area contributed by atoms with E-state index in [-0.39, 0.29) is 35.9 Å². The van der Waals surface area contributed by atoms with Crippen LogP contribution in [-0.4, -0.2) is 67.4 Å². The Bertz CT molecular complexity index is 763. The maximum Gasteiger partial charge on any atom is 0.227 e. The van der Waals surface area contributed by atoms with Crippen molar-refractivity contribution in [1.82, 2.24) is 15.1 Å². The number of hydrogen-bond acceptors (Lipinski definition) is 4. The molecule has 7 nitrogen and oxygen atoms in total. The molecule has 0 aliphatic carbocycles. The molecule has 0 saturated carbocycles. The first kappa shape index (κ1) is 23.2. The standard InChI is InChI=1S/C23H32FN3O4/c1-31-13-12-27-16-19(14-22(27)29)23(30)26-10-8-17(9-11-26)4-7-21(28)25-15-18-2-5-20(24)6-3-18/h2-3,5-6,17,19H,4,7-16H2,1H3,(H,25,28). The van der Waals surface area contributed by atoms with Crippen molar-refractivity contribution in [2.24, 2.45) is 11.8 Å². The zero-order valence-electron chi connectivity index (χ0n) is 18.1. The Morgan fingerprint density at radius 3 is 2.58 bits per heavy atom. The highest BCUT2D eigenvalue weighted by atomic mass is 19.1. The van der Waals surface area contributed by atoms with E-state index in [0.717, 1.165) is 24.8 Å². The lowest BCUT2D eigenvalue weighted by Crippen LogP contribution is -2.42. The third-order valence-corrected chi connectivity index (χ3v) is 6.24. The van der Waals surface area contributed by atoms with Crippen LogP contribution in [0.25, 0.3) is 0 Å². The van der Waals surface area contributed by atoms with Gasteiger partial charge in [0.2, 0.25) is 17.7 Å². The molecule has 1 aromatic carbocycles. The van der Waals surface area contributed by atoms with Crippen molar-refractivity contribution in [1.29, 1.82) is 0 Å². The van der Waals surface area contributed by atoms with Gasteiger partial charge < -0.3 is 19.9 Å². The lowest BCUT2D eigenvalue weighted by molar-refractivity contribution is -0.137. The van der Waals surface area contributed by atoms with Crippen LogP contribution >= 0.6 is 0 Å². The van der Waals surface area contributed by atoms with Crippen LogP contribution in [0.15, 0.2) is 24.3 Å². The summed E-state index contributed by atoms with van der Waals surface area (Å²) < 4.78 is 17.9. The van der Waals surface area contributed by atoms with E-state index < -0.39 is 0 Å². The second kappa shape index (κ2) is 11.2. The van der Waals surface area contributed by atoms with Gasteiger partial charge in [0.05, 0.1) is 12.5 Å². The summed E-state index contributed by atoms with van der Waals surface area (Å²) in [6.45, 7) is 3.26. The predicted molar refractivity (Wildman–Crippen MR) is 113 cm³/mol. The number of likely N-dealkylation sites (tertiary alicyclic amines) is 2. The monoisotopic (exact) mass is 433 g/mol. The fraction of sp³-hybridized carbons (Fsp3) is 0.609. The summed E-state index contributed by atoms with van der Waals surface area (Å²) in [5.41, 5.74) is 0.868. The molecule has 2 fully saturated rings. The van der Waals surface area contributed by atoms with Gasteiger partial charge in [-0.1, -0.05) is 12.1 Å². The molecule has 1 unspecified atom stereocenters. The third-order valence-electron chi connectivity index (χ3n) is 6.24. The predicted octanol–water partition coefficient (Wildman–Crippen LogP) is 1.96. The Hall–Kier alpha value is -2.48. The van der Waals surface area contributed by atoms with Crippen molar-refractivity contribution in [2.75, 3.05) is 39.9 Å². The van der Waals surface area contributed by atoms with E-state index in [4.69, 9.17) is 4.74 Å². The molecule has 2 heterocycles. The second-order valence-electron chi connectivity index (χ2n) is 8.44. The van der Waals surface area contributed by atoms with Crippen molar-refractivity contribution in [2.45, 2.75) is 38.6 Å². The number of methoxy groups -OCH3 is 1. The highest BCUT2D eigenvalue weighted by molar-refractivity contribution is 5.89. The fourth-order valence-corrected chi connectivity index (χ4v) is 4.28. The van der Waals surface area contributed by atoms with Gasteiger partial charge in [0.25, 0.3) is 0 Å². The molecule has 1 aromatic rings. The number of nitrogens with one attached hydrogen (secondary N) is 1. The van der Waals surface area contributed by atoms with Gasteiger partial charge in [0, 0.05) is 52.7 Å². The molecule has 0 aromatic heterocycles. The molecule has 2 saturated heterocycles. The largest absolute Gasteiger partial charge is 0.383 e. The third kappa shape index (κ3) is 6.75. The van der Waals surface area contributed by atoms with Crippen molar-refractivity contribution >= 4 is 17.7 Å². The molecule has 2 aliphatic rings. The van der Waals surface area contributed by atoms with E-state index in [0.29, 0.717) is 51.7 Å². The van der Waals surface area contributed by atoms with Crippen molar-refractivity contribution in [3.8, 4) is 0 Å². The Morgan fingerprint density at radius 2 is 1.90 bits per heavy atom. The molecule has 170 valence electrons. The second-order valence-corrected chi connectivity index (χ2v) is 8.44. The molecule has 0 radical (unpaired) electrons. The minimum Gasteiger partial charge on any atom is -0.383 e. The van der Waals surface area contributed by atoms with E-state index in [1.54, 1.807) is 24.1 Å². The quantitative estimate of drug-likeness (QED) is 0.646. The number of hydrogen-bond donors (Lipinski definition) is 1. The number of rotatable bonds is 9. The average Bonchev–Trinajstić information content (AvgIpc) is 3.16.